The number of rotatable bonds is 4. The molecule has 1 N–H and O–H groups in total. The van der Waals surface area contributed by atoms with Gasteiger partial charge < -0.3 is 15.1 Å². The van der Waals surface area contributed by atoms with Crippen LogP contribution >= 0.6 is 0 Å². The number of nitrogens with one attached hydrogen (secondary N) is 1. The number of anilines is 1. The predicted molar refractivity (Wildman–Crippen MR) is 85.3 cm³/mol. The molecular formula is C17H27N3. The number of hydrogen-bond donors (Lipinski definition) is 1. The maximum atomic E-state index is 3.67. The van der Waals surface area contributed by atoms with E-state index >= 15 is 0 Å². The lowest BCUT2D eigenvalue weighted by Gasteiger charge is -2.37. The molecule has 3 nitrogen and oxygen atoms in total. The van der Waals surface area contributed by atoms with E-state index in [2.05, 4.69) is 53.4 Å². The molecule has 2 aliphatic heterocycles. The van der Waals surface area contributed by atoms with Crippen LogP contribution in [0.1, 0.15) is 25.3 Å². The van der Waals surface area contributed by atoms with Gasteiger partial charge in [0, 0.05) is 24.3 Å². The minimum atomic E-state index is 0.585. The van der Waals surface area contributed by atoms with E-state index in [9.17, 15) is 0 Å². The van der Waals surface area contributed by atoms with Gasteiger partial charge in [-0.05, 0) is 57.6 Å². The normalized spacial score (nSPS) is 23.9. The van der Waals surface area contributed by atoms with E-state index < -0.39 is 0 Å². The van der Waals surface area contributed by atoms with Crippen molar-refractivity contribution >= 4 is 5.69 Å². The van der Waals surface area contributed by atoms with Crippen molar-refractivity contribution in [2.24, 2.45) is 0 Å². The summed E-state index contributed by atoms with van der Waals surface area (Å²) in [6.07, 6.45) is 3.82. The van der Waals surface area contributed by atoms with E-state index in [1.165, 1.54) is 50.1 Å². The summed E-state index contributed by atoms with van der Waals surface area (Å²) in [5, 5.41) is 3.67. The quantitative estimate of drug-likeness (QED) is 0.909. The van der Waals surface area contributed by atoms with Crippen LogP contribution in [-0.2, 0) is 6.42 Å². The largest absolute Gasteiger partial charge is 0.380 e. The molecule has 1 fully saturated rings. The predicted octanol–water partition coefficient (Wildman–Crippen LogP) is 2.44. The zero-order valence-electron chi connectivity index (χ0n) is 12.8. The minimum absolute atomic E-state index is 0.585. The van der Waals surface area contributed by atoms with Gasteiger partial charge in [0.1, 0.15) is 0 Å². The maximum Gasteiger partial charge on any atom is 0.0429 e. The molecule has 1 aromatic rings. The summed E-state index contributed by atoms with van der Waals surface area (Å²) in [6, 6.07) is 10.1. The maximum absolute atomic E-state index is 3.67. The molecule has 0 radical (unpaired) electrons. The molecule has 3 heteroatoms. The molecule has 0 saturated carbocycles. The lowest BCUT2D eigenvalue weighted by Crippen LogP contribution is -2.46. The Kier molecular flexibility index (Phi) is 4.27. The van der Waals surface area contributed by atoms with E-state index in [1.807, 2.05) is 0 Å². The summed E-state index contributed by atoms with van der Waals surface area (Å²) >= 11 is 0. The molecule has 1 aromatic carbocycles. The first kappa shape index (κ1) is 13.9. The van der Waals surface area contributed by atoms with E-state index in [4.69, 9.17) is 0 Å². The highest BCUT2D eigenvalue weighted by atomic mass is 15.2. The second-order valence-electron chi connectivity index (χ2n) is 6.31. The van der Waals surface area contributed by atoms with Crippen molar-refractivity contribution in [3.8, 4) is 0 Å². The van der Waals surface area contributed by atoms with Gasteiger partial charge in [0.15, 0.2) is 0 Å². The first-order chi connectivity index (χ1) is 9.76. The molecule has 2 heterocycles. The van der Waals surface area contributed by atoms with Crippen LogP contribution in [0.4, 0.5) is 5.69 Å². The lowest BCUT2D eigenvalue weighted by atomic mass is 10.0. The van der Waals surface area contributed by atoms with E-state index in [0.29, 0.717) is 6.04 Å². The number of benzene rings is 1. The highest BCUT2D eigenvalue weighted by Gasteiger charge is 2.26. The molecule has 0 spiro atoms. The molecule has 1 saturated heterocycles. The third-order valence-electron chi connectivity index (χ3n) is 4.98. The summed E-state index contributed by atoms with van der Waals surface area (Å²) in [7, 11) is 2.30. The third-order valence-corrected chi connectivity index (χ3v) is 4.98. The standard InChI is InChI=1S/C17H27N3/c1-3-20-10-8-16(9-11-20)19(2)13-15-12-14-6-4-5-7-17(14)18-15/h4-7,15-16,18H,3,8-13H2,1-2H3. The Hall–Kier alpha value is -1.06. The molecule has 20 heavy (non-hydrogen) atoms. The third kappa shape index (κ3) is 2.99. The van der Waals surface area contributed by atoms with Crippen LogP contribution < -0.4 is 5.32 Å². The van der Waals surface area contributed by atoms with Crippen molar-refractivity contribution in [1.82, 2.24) is 9.80 Å². The van der Waals surface area contributed by atoms with Gasteiger partial charge in [-0.3, -0.25) is 0 Å². The second-order valence-corrected chi connectivity index (χ2v) is 6.31. The lowest BCUT2D eigenvalue weighted by molar-refractivity contribution is 0.129. The Morgan fingerprint density at radius 1 is 1.25 bits per heavy atom. The first-order valence-corrected chi connectivity index (χ1v) is 8.03. The summed E-state index contributed by atoms with van der Waals surface area (Å²) in [5.41, 5.74) is 2.82. The van der Waals surface area contributed by atoms with Crippen LogP contribution in [0.15, 0.2) is 24.3 Å². The summed E-state index contributed by atoms with van der Waals surface area (Å²) in [6.45, 7) is 7.17. The van der Waals surface area contributed by atoms with Gasteiger partial charge in [-0.2, -0.15) is 0 Å². The average molecular weight is 273 g/mol. The van der Waals surface area contributed by atoms with Gasteiger partial charge >= 0.3 is 0 Å². The van der Waals surface area contributed by atoms with Crippen LogP contribution in [0.5, 0.6) is 0 Å². The Balaban J connectivity index is 1.50. The van der Waals surface area contributed by atoms with Crippen LogP contribution in [-0.4, -0.2) is 55.1 Å². The Morgan fingerprint density at radius 3 is 2.70 bits per heavy atom. The molecule has 110 valence electrons. The molecule has 3 rings (SSSR count). The second kappa shape index (κ2) is 6.15. The number of likely N-dealkylation sites (tertiary alicyclic amines) is 1. The molecule has 0 aliphatic carbocycles. The summed E-state index contributed by atoms with van der Waals surface area (Å²) < 4.78 is 0. The summed E-state index contributed by atoms with van der Waals surface area (Å²) in [5.74, 6) is 0. The first-order valence-electron chi connectivity index (χ1n) is 8.03. The van der Waals surface area contributed by atoms with Gasteiger partial charge in [0.2, 0.25) is 0 Å². The zero-order chi connectivity index (χ0) is 13.9. The van der Waals surface area contributed by atoms with Crippen molar-refractivity contribution in [3.63, 3.8) is 0 Å². The molecular weight excluding hydrogens is 246 g/mol. The van der Waals surface area contributed by atoms with Crippen LogP contribution in [0.25, 0.3) is 0 Å². The Morgan fingerprint density at radius 2 is 2.00 bits per heavy atom. The average Bonchev–Trinajstić information content (AvgIpc) is 2.89. The van der Waals surface area contributed by atoms with Crippen molar-refractivity contribution in [2.75, 3.05) is 38.5 Å². The van der Waals surface area contributed by atoms with Crippen LogP contribution in [0.2, 0.25) is 0 Å². The number of hydrogen-bond acceptors (Lipinski definition) is 3. The number of para-hydroxylation sites is 1. The van der Waals surface area contributed by atoms with Crippen LogP contribution in [0, 0.1) is 0 Å². The molecule has 0 aromatic heterocycles. The van der Waals surface area contributed by atoms with E-state index in [1.54, 1.807) is 0 Å². The van der Waals surface area contributed by atoms with Crippen molar-refractivity contribution in [3.05, 3.63) is 29.8 Å². The fourth-order valence-corrected chi connectivity index (χ4v) is 3.66. The number of fused-ring (bicyclic) bond motifs is 1. The smallest absolute Gasteiger partial charge is 0.0429 e. The summed E-state index contributed by atoms with van der Waals surface area (Å²) in [4.78, 5) is 5.14. The van der Waals surface area contributed by atoms with Gasteiger partial charge in [-0.15, -0.1) is 0 Å². The fourth-order valence-electron chi connectivity index (χ4n) is 3.66. The molecule has 1 atom stereocenters. The number of nitrogens with zero attached hydrogens (tertiary/aromatic N) is 2. The van der Waals surface area contributed by atoms with Gasteiger partial charge in [-0.1, -0.05) is 25.1 Å². The van der Waals surface area contributed by atoms with Gasteiger partial charge in [0.05, 0.1) is 0 Å². The molecule has 0 bridgehead atoms. The van der Waals surface area contributed by atoms with Crippen molar-refractivity contribution < 1.29 is 0 Å². The van der Waals surface area contributed by atoms with Gasteiger partial charge in [0.25, 0.3) is 0 Å². The topological polar surface area (TPSA) is 18.5 Å². The van der Waals surface area contributed by atoms with Gasteiger partial charge in [-0.25, -0.2) is 0 Å². The SMILES string of the molecule is CCN1CCC(N(C)CC2Cc3ccccc3N2)CC1. The van der Waals surface area contributed by atoms with E-state index in [-0.39, 0.29) is 0 Å². The highest BCUT2D eigenvalue weighted by molar-refractivity contribution is 5.56. The minimum Gasteiger partial charge on any atom is -0.380 e. The fraction of sp³-hybridized carbons (Fsp3) is 0.647. The Bertz CT molecular complexity index is 413. The molecule has 2 aliphatic rings. The van der Waals surface area contributed by atoms with Crippen molar-refractivity contribution in [1.29, 1.82) is 0 Å². The molecule has 1 unspecified atom stereocenters. The monoisotopic (exact) mass is 273 g/mol. The van der Waals surface area contributed by atoms with Crippen LogP contribution in [0.3, 0.4) is 0 Å². The number of likely N-dealkylation sites (N-methyl/N-ethyl adjacent to an activating group) is 1. The highest BCUT2D eigenvalue weighted by Crippen LogP contribution is 2.26. The number of piperidine rings is 1. The molecule has 0 amide bonds. The van der Waals surface area contributed by atoms with E-state index in [0.717, 1.165) is 12.6 Å². The zero-order valence-corrected chi connectivity index (χ0v) is 12.8. The van der Waals surface area contributed by atoms with Crippen molar-refractivity contribution in [2.45, 2.75) is 38.3 Å². The Labute approximate surface area is 123 Å².